The molecule has 0 bridgehead atoms. The zero-order valence-electron chi connectivity index (χ0n) is 11.3. The van der Waals surface area contributed by atoms with Crippen LogP contribution in [0.15, 0.2) is 30.3 Å². The fourth-order valence-electron chi connectivity index (χ4n) is 2.31. The molecular formula is C15H21NO3. The van der Waals surface area contributed by atoms with Crippen molar-refractivity contribution in [1.29, 1.82) is 0 Å². The van der Waals surface area contributed by atoms with Crippen LogP contribution in [-0.2, 0) is 15.1 Å². The molecule has 2 N–H and O–H groups in total. The van der Waals surface area contributed by atoms with Gasteiger partial charge < -0.3 is 15.2 Å². The summed E-state index contributed by atoms with van der Waals surface area (Å²) in [6.45, 7) is 2.32. The standard InChI is InChI=1S/C15H21NO3/c1-15(11-17,12-7-3-2-4-8-12)16-14(18)13-9-5-6-10-19-13/h2-4,7-8,13,17H,5-6,9-11H2,1H3,(H,16,18). The van der Waals surface area contributed by atoms with E-state index in [1.807, 2.05) is 37.3 Å². The lowest BCUT2D eigenvalue weighted by atomic mass is 9.92. The molecule has 2 unspecified atom stereocenters. The molecule has 4 heteroatoms. The average Bonchev–Trinajstić information content (AvgIpc) is 2.49. The maximum absolute atomic E-state index is 12.2. The normalized spacial score (nSPS) is 22.5. The highest BCUT2D eigenvalue weighted by atomic mass is 16.5. The van der Waals surface area contributed by atoms with Gasteiger partial charge in [0, 0.05) is 6.61 Å². The second kappa shape index (κ2) is 6.17. The van der Waals surface area contributed by atoms with E-state index in [1.54, 1.807) is 0 Å². The fourth-order valence-corrected chi connectivity index (χ4v) is 2.31. The van der Waals surface area contributed by atoms with Gasteiger partial charge in [-0.3, -0.25) is 4.79 Å². The molecule has 0 saturated carbocycles. The van der Waals surface area contributed by atoms with Crippen molar-refractivity contribution in [3.63, 3.8) is 0 Å². The number of amides is 1. The summed E-state index contributed by atoms with van der Waals surface area (Å²) in [5.41, 5.74) is 0.126. The molecule has 0 aliphatic carbocycles. The third-order valence-electron chi connectivity index (χ3n) is 3.60. The maximum atomic E-state index is 12.2. The van der Waals surface area contributed by atoms with Gasteiger partial charge in [-0.2, -0.15) is 0 Å². The van der Waals surface area contributed by atoms with Gasteiger partial charge in [-0.25, -0.2) is 0 Å². The average molecular weight is 263 g/mol. The van der Waals surface area contributed by atoms with Crippen LogP contribution in [0.2, 0.25) is 0 Å². The van der Waals surface area contributed by atoms with Gasteiger partial charge in [-0.15, -0.1) is 0 Å². The Morgan fingerprint density at radius 1 is 1.42 bits per heavy atom. The topological polar surface area (TPSA) is 58.6 Å². The molecule has 1 heterocycles. The number of benzene rings is 1. The Bertz CT molecular complexity index is 415. The van der Waals surface area contributed by atoms with Crippen LogP contribution in [0.25, 0.3) is 0 Å². The van der Waals surface area contributed by atoms with E-state index in [2.05, 4.69) is 5.32 Å². The zero-order chi connectivity index (χ0) is 13.7. The van der Waals surface area contributed by atoms with Crippen molar-refractivity contribution in [3.05, 3.63) is 35.9 Å². The van der Waals surface area contributed by atoms with Crippen LogP contribution in [0.4, 0.5) is 0 Å². The smallest absolute Gasteiger partial charge is 0.249 e. The van der Waals surface area contributed by atoms with Crippen molar-refractivity contribution in [3.8, 4) is 0 Å². The predicted molar refractivity (Wildman–Crippen MR) is 72.6 cm³/mol. The molecule has 19 heavy (non-hydrogen) atoms. The van der Waals surface area contributed by atoms with E-state index >= 15 is 0 Å². The Labute approximate surface area is 113 Å². The first-order valence-electron chi connectivity index (χ1n) is 6.76. The second-order valence-corrected chi connectivity index (χ2v) is 5.20. The Hall–Kier alpha value is -1.39. The lowest BCUT2D eigenvalue weighted by Crippen LogP contribution is -2.51. The van der Waals surface area contributed by atoms with E-state index in [1.165, 1.54) is 0 Å². The monoisotopic (exact) mass is 263 g/mol. The summed E-state index contributed by atoms with van der Waals surface area (Å²) in [5.74, 6) is -0.139. The molecule has 1 aromatic rings. The van der Waals surface area contributed by atoms with Gasteiger partial charge in [0.2, 0.25) is 5.91 Å². The second-order valence-electron chi connectivity index (χ2n) is 5.20. The molecule has 2 rings (SSSR count). The molecule has 0 spiro atoms. The van der Waals surface area contributed by atoms with Crippen LogP contribution >= 0.6 is 0 Å². The number of aliphatic hydroxyl groups is 1. The summed E-state index contributed by atoms with van der Waals surface area (Å²) in [5, 5.41) is 12.5. The van der Waals surface area contributed by atoms with E-state index in [4.69, 9.17) is 4.74 Å². The Balaban J connectivity index is 2.07. The molecule has 1 amide bonds. The molecule has 1 aliphatic heterocycles. The van der Waals surface area contributed by atoms with Gasteiger partial charge in [0.1, 0.15) is 6.10 Å². The lowest BCUT2D eigenvalue weighted by molar-refractivity contribution is -0.138. The highest BCUT2D eigenvalue weighted by Gasteiger charge is 2.31. The Morgan fingerprint density at radius 3 is 2.74 bits per heavy atom. The van der Waals surface area contributed by atoms with Crippen molar-refractivity contribution in [2.75, 3.05) is 13.2 Å². The number of hydrogen-bond donors (Lipinski definition) is 2. The van der Waals surface area contributed by atoms with Gasteiger partial charge in [0.25, 0.3) is 0 Å². The van der Waals surface area contributed by atoms with Gasteiger partial charge in [0.05, 0.1) is 12.1 Å². The van der Waals surface area contributed by atoms with E-state index < -0.39 is 5.54 Å². The maximum Gasteiger partial charge on any atom is 0.249 e. The van der Waals surface area contributed by atoms with Crippen LogP contribution in [0.1, 0.15) is 31.7 Å². The first-order valence-corrected chi connectivity index (χ1v) is 6.76. The van der Waals surface area contributed by atoms with E-state index in [0.29, 0.717) is 6.61 Å². The number of carbonyl (C=O) groups excluding carboxylic acids is 1. The number of ether oxygens (including phenoxy) is 1. The van der Waals surface area contributed by atoms with Crippen molar-refractivity contribution < 1.29 is 14.6 Å². The quantitative estimate of drug-likeness (QED) is 0.867. The zero-order valence-corrected chi connectivity index (χ0v) is 11.3. The molecular weight excluding hydrogens is 242 g/mol. The molecule has 104 valence electrons. The number of carbonyl (C=O) groups is 1. The minimum atomic E-state index is -0.765. The summed E-state index contributed by atoms with van der Waals surface area (Å²) < 4.78 is 5.47. The highest BCUT2D eigenvalue weighted by Crippen LogP contribution is 2.21. The third-order valence-corrected chi connectivity index (χ3v) is 3.60. The number of nitrogens with one attached hydrogen (secondary N) is 1. The number of hydrogen-bond acceptors (Lipinski definition) is 3. The summed E-state index contributed by atoms with van der Waals surface area (Å²) >= 11 is 0. The Kier molecular flexibility index (Phi) is 4.56. The molecule has 1 aromatic carbocycles. The van der Waals surface area contributed by atoms with Crippen LogP contribution in [0.5, 0.6) is 0 Å². The summed E-state index contributed by atoms with van der Waals surface area (Å²) in [4.78, 5) is 12.2. The van der Waals surface area contributed by atoms with E-state index in [0.717, 1.165) is 24.8 Å². The van der Waals surface area contributed by atoms with Gasteiger partial charge in [-0.1, -0.05) is 30.3 Å². The molecule has 1 fully saturated rings. The summed E-state index contributed by atoms with van der Waals surface area (Å²) in [6, 6.07) is 9.50. The minimum absolute atomic E-state index is 0.139. The SMILES string of the molecule is CC(CO)(NC(=O)C1CCCCO1)c1ccccc1. The first-order chi connectivity index (χ1) is 9.15. The third kappa shape index (κ3) is 3.33. The van der Waals surface area contributed by atoms with Gasteiger partial charge >= 0.3 is 0 Å². The highest BCUT2D eigenvalue weighted by molar-refractivity contribution is 5.81. The number of aliphatic hydroxyl groups excluding tert-OH is 1. The van der Waals surface area contributed by atoms with Gasteiger partial charge in [-0.05, 0) is 31.7 Å². The van der Waals surface area contributed by atoms with E-state index in [-0.39, 0.29) is 18.6 Å². The molecule has 0 radical (unpaired) electrons. The molecule has 2 atom stereocenters. The molecule has 0 aromatic heterocycles. The molecule has 1 saturated heterocycles. The summed E-state index contributed by atoms with van der Waals surface area (Å²) in [7, 11) is 0. The van der Waals surface area contributed by atoms with Crippen LogP contribution in [0.3, 0.4) is 0 Å². The summed E-state index contributed by atoms with van der Waals surface area (Å²) in [6.07, 6.45) is 2.39. The largest absolute Gasteiger partial charge is 0.394 e. The molecule has 4 nitrogen and oxygen atoms in total. The Morgan fingerprint density at radius 2 is 2.16 bits per heavy atom. The van der Waals surface area contributed by atoms with Crippen molar-refractivity contribution in [2.45, 2.75) is 37.8 Å². The number of rotatable bonds is 4. The first kappa shape index (κ1) is 14.0. The molecule has 1 aliphatic rings. The fraction of sp³-hybridized carbons (Fsp3) is 0.533. The van der Waals surface area contributed by atoms with Crippen molar-refractivity contribution >= 4 is 5.91 Å². The van der Waals surface area contributed by atoms with E-state index in [9.17, 15) is 9.90 Å². The van der Waals surface area contributed by atoms with Crippen LogP contribution in [-0.4, -0.2) is 30.3 Å². The van der Waals surface area contributed by atoms with Crippen LogP contribution in [0, 0.1) is 0 Å². The lowest BCUT2D eigenvalue weighted by Gasteiger charge is -2.32. The van der Waals surface area contributed by atoms with Gasteiger partial charge in [0.15, 0.2) is 0 Å². The van der Waals surface area contributed by atoms with Crippen LogP contribution < -0.4 is 5.32 Å². The predicted octanol–water partition coefficient (Wildman–Crippen LogP) is 1.58. The van der Waals surface area contributed by atoms with Crippen molar-refractivity contribution in [2.24, 2.45) is 0 Å². The van der Waals surface area contributed by atoms with Crippen molar-refractivity contribution in [1.82, 2.24) is 5.32 Å². The minimum Gasteiger partial charge on any atom is -0.394 e.